The van der Waals surface area contributed by atoms with Crippen LogP contribution in [0.2, 0.25) is 0 Å². The van der Waals surface area contributed by atoms with Gasteiger partial charge < -0.3 is 10.1 Å². The molecule has 0 radical (unpaired) electrons. The molecule has 17 heavy (non-hydrogen) atoms. The smallest absolute Gasteiger partial charge is 0.0702 e. The van der Waals surface area contributed by atoms with E-state index in [-0.39, 0.29) is 0 Å². The van der Waals surface area contributed by atoms with Crippen LogP contribution in [0.15, 0.2) is 0 Å². The third kappa shape index (κ3) is 5.84. The summed E-state index contributed by atoms with van der Waals surface area (Å²) in [4.78, 5) is 2.53. The minimum atomic E-state index is 0.475. The van der Waals surface area contributed by atoms with Gasteiger partial charge in [-0.3, -0.25) is 4.90 Å². The van der Waals surface area contributed by atoms with Crippen molar-refractivity contribution in [2.45, 2.75) is 52.7 Å². The second-order valence-corrected chi connectivity index (χ2v) is 5.62. The molecule has 1 aliphatic heterocycles. The van der Waals surface area contributed by atoms with Crippen LogP contribution in [0.5, 0.6) is 0 Å². The van der Waals surface area contributed by atoms with Crippen LogP contribution in [0.3, 0.4) is 0 Å². The topological polar surface area (TPSA) is 24.5 Å². The van der Waals surface area contributed by atoms with Crippen molar-refractivity contribution in [3.05, 3.63) is 0 Å². The van der Waals surface area contributed by atoms with Gasteiger partial charge in [0.2, 0.25) is 0 Å². The highest BCUT2D eigenvalue weighted by Gasteiger charge is 2.21. The second kappa shape index (κ2) is 8.06. The van der Waals surface area contributed by atoms with E-state index in [4.69, 9.17) is 4.74 Å². The Balaban J connectivity index is 2.22. The molecule has 1 rings (SSSR count). The van der Waals surface area contributed by atoms with Crippen LogP contribution in [0.1, 0.15) is 40.5 Å². The number of nitrogens with one attached hydrogen (secondary N) is 1. The van der Waals surface area contributed by atoms with Crippen molar-refractivity contribution in [2.75, 3.05) is 32.8 Å². The molecular weight excluding hydrogens is 212 g/mol. The van der Waals surface area contributed by atoms with Crippen LogP contribution >= 0.6 is 0 Å². The zero-order valence-corrected chi connectivity index (χ0v) is 12.0. The number of ether oxygens (including phenoxy) is 1. The molecule has 3 nitrogen and oxygen atoms in total. The summed E-state index contributed by atoms with van der Waals surface area (Å²) in [5.41, 5.74) is 0. The minimum Gasteiger partial charge on any atom is -0.377 e. The van der Waals surface area contributed by atoms with E-state index in [1.54, 1.807) is 0 Å². The van der Waals surface area contributed by atoms with Gasteiger partial charge >= 0.3 is 0 Å². The summed E-state index contributed by atoms with van der Waals surface area (Å²) >= 11 is 0. The molecule has 0 aromatic heterocycles. The molecule has 0 bridgehead atoms. The summed E-state index contributed by atoms with van der Waals surface area (Å²) in [5, 5.41) is 3.54. The van der Waals surface area contributed by atoms with Crippen molar-refractivity contribution < 1.29 is 4.74 Å². The van der Waals surface area contributed by atoms with Gasteiger partial charge in [-0.1, -0.05) is 20.8 Å². The van der Waals surface area contributed by atoms with Gasteiger partial charge in [0.25, 0.3) is 0 Å². The molecule has 0 saturated carbocycles. The van der Waals surface area contributed by atoms with Gasteiger partial charge in [-0.25, -0.2) is 0 Å². The van der Waals surface area contributed by atoms with Gasteiger partial charge in [-0.15, -0.1) is 0 Å². The average Bonchev–Trinajstić information content (AvgIpc) is 2.77. The molecule has 0 aliphatic carbocycles. The lowest BCUT2D eigenvalue weighted by Crippen LogP contribution is -2.44. The quantitative estimate of drug-likeness (QED) is 0.705. The van der Waals surface area contributed by atoms with E-state index >= 15 is 0 Å². The Labute approximate surface area is 107 Å². The van der Waals surface area contributed by atoms with Crippen molar-refractivity contribution in [1.82, 2.24) is 10.2 Å². The van der Waals surface area contributed by atoms with Crippen molar-refractivity contribution in [3.8, 4) is 0 Å². The first-order valence-electron chi connectivity index (χ1n) is 7.19. The fourth-order valence-electron chi connectivity index (χ4n) is 2.38. The van der Waals surface area contributed by atoms with Crippen molar-refractivity contribution in [2.24, 2.45) is 5.92 Å². The van der Waals surface area contributed by atoms with E-state index in [1.165, 1.54) is 12.8 Å². The van der Waals surface area contributed by atoms with E-state index < -0.39 is 0 Å². The number of hydrogen-bond donors (Lipinski definition) is 1. The predicted octanol–water partition coefficient (Wildman–Crippen LogP) is 2.12. The lowest BCUT2D eigenvalue weighted by molar-refractivity contribution is 0.0618. The van der Waals surface area contributed by atoms with Crippen LogP contribution in [0.25, 0.3) is 0 Å². The van der Waals surface area contributed by atoms with E-state index in [9.17, 15) is 0 Å². The van der Waals surface area contributed by atoms with E-state index in [2.05, 4.69) is 37.9 Å². The summed E-state index contributed by atoms with van der Waals surface area (Å²) in [6.07, 6.45) is 2.95. The highest BCUT2D eigenvalue weighted by molar-refractivity contribution is 4.75. The van der Waals surface area contributed by atoms with Crippen molar-refractivity contribution in [1.29, 1.82) is 0 Å². The zero-order chi connectivity index (χ0) is 12.7. The molecule has 1 aliphatic rings. The third-order valence-electron chi connectivity index (χ3n) is 3.48. The average molecular weight is 242 g/mol. The highest BCUT2D eigenvalue weighted by Crippen LogP contribution is 2.14. The normalized spacial score (nSPS) is 22.6. The molecule has 1 heterocycles. The maximum atomic E-state index is 5.72. The van der Waals surface area contributed by atoms with Gasteiger partial charge in [0.1, 0.15) is 0 Å². The molecule has 0 amide bonds. The van der Waals surface area contributed by atoms with Gasteiger partial charge in [0.15, 0.2) is 0 Å². The lowest BCUT2D eigenvalue weighted by atomic mass is 10.2. The van der Waals surface area contributed by atoms with Gasteiger partial charge in [-0.2, -0.15) is 0 Å². The van der Waals surface area contributed by atoms with Gasteiger partial charge in [-0.05, 0) is 38.8 Å². The maximum Gasteiger partial charge on any atom is 0.0702 e. The fraction of sp³-hybridized carbons (Fsp3) is 1.00. The molecule has 2 atom stereocenters. The summed E-state index contributed by atoms with van der Waals surface area (Å²) in [5.74, 6) is 0.732. The van der Waals surface area contributed by atoms with Crippen LogP contribution < -0.4 is 5.32 Å². The third-order valence-corrected chi connectivity index (χ3v) is 3.48. The number of rotatable bonds is 8. The summed E-state index contributed by atoms with van der Waals surface area (Å²) in [6.45, 7) is 14.4. The van der Waals surface area contributed by atoms with Crippen LogP contribution in [-0.2, 0) is 4.74 Å². The molecule has 1 N–H and O–H groups in total. The van der Waals surface area contributed by atoms with Gasteiger partial charge in [0.05, 0.1) is 6.10 Å². The summed E-state index contributed by atoms with van der Waals surface area (Å²) in [6, 6.07) is 0.600. The Hall–Kier alpha value is -0.120. The largest absolute Gasteiger partial charge is 0.377 e. The summed E-state index contributed by atoms with van der Waals surface area (Å²) < 4.78 is 5.72. The van der Waals surface area contributed by atoms with Crippen LogP contribution in [0.4, 0.5) is 0 Å². The van der Waals surface area contributed by atoms with E-state index in [0.717, 1.165) is 38.7 Å². The molecule has 102 valence electrons. The van der Waals surface area contributed by atoms with Crippen LogP contribution in [-0.4, -0.2) is 49.8 Å². The Morgan fingerprint density at radius 3 is 2.59 bits per heavy atom. The van der Waals surface area contributed by atoms with Crippen LogP contribution in [0, 0.1) is 5.92 Å². The van der Waals surface area contributed by atoms with Crippen molar-refractivity contribution in [3.63, 3.8) is 0 Å². The van der Waals surface area contributed by atoms with E-state index in [1.807, 2.05) is 0 Å². The molecule has 2 unspecified atom stereocenters. The fourth-order valence-corrected chi connectivity index (χ4v) is 2.38. The number of nitrogens with zero attached hydrogens (tertiary/aromatic N) is 1. The maximum absolute atomic E-state index is 5.72. The predicted molar refractivity (Wildman–Crippen MR) is 73.4 cm³/mol. The second-order valence-electron chi connectivity index (χ2n) is 5.62. The number of hydrogen-bond acceptors (Lipinski definition) is 3. The van der Waals surface area contributed by atoms with Crippen molar-refractivity contribution >= 4 is 0 Å². The lowest BCUT2D eigenvalue weighted by Gasteiger charge is -2.30. The van der Waals surface area contributed by atoms with E-state index in [0.29, 0.717) is 12.1 Å². The first-order chi connectivity index (χ1) is 8.13. The molecule has 1 fully saturated rings. The molecule has 3 heteroatoms. The summed E-state index contributed by atoms with van der Waals surface area (Å²) in [7, 11) is 0. The first-order valence-corrected chi connectivity index (χ1v) is 7.19. The highest BCUT2D eigenvalue weighted by atomic mass is 16.5. The Bertz CT molecular complexity index is 191. The minimum absolute atomic E-state index is 0.475. The first kappa shape index (κ1) is 14.9. The van der Waals surface area contributed by atoms with Gasteiger partial charge in [0, 0.05) is 25.7 Å². The SMILES string of the molecule is CCN(CC1CCCO1)C(C)CNCC(C)C. The molecule has 0 spiro atoms. The Morgan fingerprint density at radius 1 is 1.29 bits per heavy atom. The molecular formula is C14H30N2O. The molecule has 0 aromatic carbocycles. The number of likely N-dealkylation sites (N-methyl/N-ethyl adjacent to an activating group) is 1. The Kier molecular flexibility index (Phi) is 7.09. The Morgan fingerprint density at radius 2 is 2.06 bits per heavy atom. The zero-order valence-electron chi connectivity index (χ0n) is 12.0. The molecule has 1 saturated heterocycles. The molecule has 0 aromatic rings. The monoisotopic (exact) mass is 242 g/mol. The standard InChI is InChI=1S/C14H30N2O/c1-5-16(11-14-7-6-8-17-14)13(4)10-15-9-12(2)3/h12-15H,5-11H2,1-4H3.